The number of nitrogens with one attached hydrogen (secondary N) is 1. The van der Waals surface area contributed by atoms with E-state index >= 15 is 0 Å². The van der Waals surface area contributed by atoms with Crippen LogP contribution in [0.4, 0.5) is 18.9 Å². The van der Waals surface area contributed by atoms with Gasteiger partial charge in [-0.05, 0) is 42.1 Å². The van der Waals surface area contributed by atoms with E-state index in [1.165, 1.54) is 27.2 Å². The van der Waals surface area contributed by atoms with Gasteiger partial charge < -0.3 is 5.32 Å². The molecular weight excluding hydrogens is 357 g/mol. The Morgan fingerprint density at radius 2 is 1.85 bits per heavy atom. The maximum atomic E-state index is 12.9. The molecule has 0 saturated heterocycles. The molecule has 4 aromatic rings. The highest BCUT2D eigenvalue weighted by atomic mass is 32.1. The molecule has 0 unspecified atom stereocenters. The SMILES string of the molecule is FC(F)(F)c1ccc2c(NCCc3cc4ccccc4s3)ccnc2c1. The number of nitrogens with zero attached hydrogens (tertiary/aromatic N) is 1. The first-order valence-corrected chi connectivity index (χ1v) is 9.00. The quantitative estimate of drug-likeness (QED) is 0.467. The van der Waals surface area contributed by atoms with Gasteiger partial charge in [-0.3, -0.25) is 4.98 Å². The van der Waals surface area contributed by atoms with Gasteiger partial charge in [0.2, 0.25) is 0 Å². The second kappa shape index (κ2) is 6.61. The first-order valence-electron chi connectivity index (χ1n) is 8.18. The molecule has 0 aliphatic rings. The zero-order valence-electron chi connectivity index (χ0n) is 13.7. The van der Waals surface area contributed by atoms with Gasteiger partial charge in [-0.25, -0.2) is 0 Å². The van der Waals surface area contributed by atoms with Crippen molar-refractivity contribution in [3.8, 4) is 0 Å². The Labute approximate surface area is 152 Å². The molecule has 2 heterocycles. The number of halogens is 3. The summed E-state index contributed by atoms with van der Waals surface area (Å²) in [5, 5.41) is 5.25. The number of benzene rings is 2. The summed E-state index contributed by atoms with van der Waals surface area (Å²) in [6.07, 6.45) is -1.98. The van der Waals surface area contributed by atoms with Gasteiger partial charge in [0.1, 0.15) is 0 Å². The molecule has 26 heavy (non-hydrogen) atoms. The number of thiophene rings is 1. The van der Waals surface area contributed by atoms with Crippen LogP contribution < -0.4 is 5.32 Å². The first kappa shape index (κ1) is 16.8. The lowest BCUT2D eigenvalue weighted by atomic mass is 10.1. The highest BCUT2D eigenvalue weighted by Crippen LogP contribution is 2.32. The predicted octanol–water partition coefficient (Wildman–Crippen LogP) is 6.12. The van der Waals surface area contributed by atoms with E-state index < -0.39 is 11.7 Å². The van der Waals surface area contributed by atoms with Gasteiger partial charge in [0.25, 0.3) is 0 Å². The highest BCUT2D eigenvalue weighted by Gasteiger charge is 2.30. The maximum absolute atomic E-state index is 12.9. The average Bonchev–Trinajstić information content (AvgIpc) is 3.03. The summed E-state index contributed by atoms with van der Waals surface area (Å²) in [4.78, 5) is 5.35. The van der Waals surface area contributed by atoms with Gasteiger partial charge in [-0.15, -0.1) is 11.3 Å². The number of pyridine rings is 1. The number of aromatic nitrogens is 1. The Kier molecular flexibility index (Phi) is 4.28. The smallest absolute Gasteiger partial charge is 0.384 e. The molecule has 0 radical (unpaired) electrons. The monoisotopic (exact) mass is 372 g/mol. The molecule has 2 aromatic carbocycles. The number of rotatable bonds is 4. The van der Waals surface area contributed by atoms with Crippen LogP contribution >= 0.6 is 11.3 Å². The molecule has 0 bridgehead atoms. The number of hydrogen-bond donors (Lipinski definition) is 1. The molecule has 2 nitrogen and oxygen atoms in total. The van der Waals surface area contributed by atoms with Crippen molar-refractivity contribution in [3.05, 3.63) is 71.2 Å². The van der Waals surface area contributed by atoms with E-state index in [4.69, 9.17) is 0 Å². The van der Waals surface area contributed by atoms with E-state index in [0.29, 0.717) is 17.4 Å². The van der Waals surface area contributed by atoms with Crippen LogP contribution in [-0.2, 0) is 12.6 Å². The minimum atomic E-state index is -4.36. The van der Waals surface area contributed by atoms with Crippen molar-refractivity contribution in [3.63, 3.8) is 0 Å². The molecule has 1 N–H and O–H groups in total. The minimum Gasteiger partial charge on any atom is -0.384 e. The van der Waals surface area contributed by atoms with Crippen molar-refractivity contribution in [1.29, 1.82) is 0 Å². The Bertz CT molecular complexity index is 1040. The second-order valence-electron chi connectivity index (χ2n) is 6.02. The van der Waals surface area contributed by atoms with Gasteiger partial charge >= 0.3 is 6.18 Å². The molecule has 4 rings (SSSR count). The molecule has 0 fully saturated rings. The first-order chi connectivity index (χ1) is 12.5. The Morgan fingerprint density at radius 3 is 2.65 bits per heavy atom. The van der Waals surface area contributed by atoms with Crippen LogP contribution in [0.2, 0.25) is 0 Å². The van der Waals surface area contributed by atoms with Crippen LogP contribution in [0.1, 0.15) is 10.4 Å². The van der Waals surface area contributed by atoms with Crippen LogP contribution in [0.3, 0.4) is 0 Å². The van der Waals surface area contributed by atoms with Gasteiger partial charge in [0.15, 0.2) is 0 Å². The van der Waals surface area contributed by atoms with Gasteiger partial charge in [-0.2, -0.15) is 13.2 Å². The van der Waals surface area contributed by atoms with Gasteiger partial charge in [0, 0.05) is 33.4 Å². The van der Waals surface area contributed by atoms with Crippen LogP contribution in [0.5, 0.6) is 0 Å². The fraction of sp³-hybridized carbons (Fsp3) is 0.150. The number of anilines is 1. The third-order valence-corrected chi connectivity index (χ3v) is 5.41. The molecule has 0 saturated carbocycles. The number of fused-ring (bicyclic) bond motifs is 2. The normalized spacial score (nSPS) is 12.0. The topological polar surface area (TPSA) is 24.9 Å². The van der Waals surface area contributed by atoms with Crippen LogP contribution in [0.15, 0.2) is 60.8 Å². The third kappa shape index (κ3) is 3.37. The van der Waals surface area contributed by atoms with Crippen molar-refractivity contribution >= 4 is 38.0 Å². The average molecular weight is 372 g/mol. The van der Waals surface area contributed by atoms with E-state index in [9.17, 15) is 13.2 Å². The lowest BCUT2D eigenvalue weighted by molar-refractivity contribution is -0.137. The Hall–Kier alpha value is -2.60. The summed E-state index contributed by atoms with van der Waals surface area (Å²) in [7, 11) is 0. The zero-order valence-corrected chi connectivity index (χ0v) is 14.5. The summed E-state index contributed by atoms with van der Waals surface area (Å²) >= 11 is 1.76. The van der Waals surface area contributed by atoms with Crippen LogP contribution in [-0.4, -0.2) is 11.5 Å². The standard InChI is InChI=1S/C20H15F3N2S/c21-20(22,23)14-5-6-16-17(8-10-25-18(16)12-14)24-9-7-15-11-13-3-1-2-4-19(13)26-15/h1-6,8,10-12H,7,9H2,(H,24,25). The van der Waals surface area contributed by atoms with Crippen molar-refractivity contribution in [2.75, 3.05) is 11.9 Å². The van der Waals surface area contributed by atoms with E-state index in [2.05, 4.69) is 28.5 Å². The molecule has 6 heteroatoms. The van der Waals surface area contributed by atoms with Crippen molar-refractivity contribution in [1.82, 2.24) is 4.98 Å². The summed E-state index contributed by atoms with van der Waals surface area (Å²) in [6, 6.07) is 15.9. The predicted molar refractivity (Wildman–Crippen MR) is 101 cm³/mol. The molecule has 0 spiro atoms. The van der Waals surface area contributed by atoms with Crippen molar-refractivity contribution in [2.24, 2.45) is 0 Å². The molecule has 132 valence electrons. The zero-order chi connectivity index (χ0) is 18.1. The van der Waals surface area contributed by atoms with Crippen molar-refractivity contribution < 1.29 is 13.2 Å². The van der Waals surface area contributed by atoms with E-state index in [1.807, 2.05) is 12.1 Å². The fourth-order valence-electron chi connectivity index (χ4n) is 2.96. The van der Waals surface area contributed by atoms with E-state index in [1.54, 1.807) is 17.4 Å². The second-order valence-corrected chi connectivity index (χ2v) is 7.18. The summed E-state index contributed by atoms with van der Waals surface area (Å²) in [5.41, 5.74) is 0.455. The maximum Gasteiger partial charge on any atom is 0.416 e. The number of alkyl halides is 3. The lowest BCUT2D eigenvalue weighted by Crippen LogP contribution is -2.06. The fourth-order valence-corrected chi connectivity index (χ4v) is 4.02. The van der Waals surface area contributed by atoms with E-state index in [0.717, 1.165) is 24.2 Å². The Morgan fingerprint density at radius 1 is 1.00 bits per heavy atom. The summed E-state index contributed by atoms with van der Waals surface area (Å²) in [6.45, 7) is 0.701. The molecule has 0 aliphatic heterocycles. The molecular formula is C20H15F3N2S. The summed E-state index contributed by atoms with van der Waals surface area (Å²) in [5.74, 6) is 0. The summed E-state index contributed by atoms with van der Waals surface area (Å²) < 4.78 is 39.8. The van der Waals surface area contributed by atoms with E-state index in [-0.39, 0.29) is 0 Å². The van der Waals surface area contributed by atoms with Gasteiger partial charge in [-0.1, -0.05) is 24.3 Å². The largest absolute Gasteiger partial charge is 0.416 e. The van der Waals surface area contributed by atoms with Crippen LogP contribution in [0.25, 0.3) is 21.0 Å². The van der Waals surface area contributed by atoms with Crippen molar-refractivity contribution in [2.45, 2.75) is 12.6 Å². The van der Waals surface area contributed by atoms with Crippen LogP contribution in [0, 0.1) is 0 Å². The Balaban J connectivity index is 1.51. The molecule has 0 atom stereocenters. The van der Waals surface area contributed by atoms with Gasteiger partial charge in [0.05, 0.1) is 11.1 Å². The third-order valence-electron chi connectivity index (χ3n) is 4.23. The number of hydrogen-bond acceptors (Lipinski definition) is 3. The highest BCUT2D eigenvalue weighted by molar-refractivity contribution is 7.19. The lowest BCUT2D eigenvalue weighted by Gasteiger charge is -2.11. The minimum absolute atomic E-state index is 0.340. The molecule has 2 aromatic heterocycles. The molecule has 0 amide bonds. The molecule has 0 aliphatic carbocycles.